The number of carbonyl (C=O) groups is 1. The van der Waals surface area contributed by atoms with Crippen LogP contribution in [0.5, 0.6) is 0 Å². The quantitative estimate of drug-likeness (QED) is 0.593. The summed E-state index contributed by atoms with van der Waals surface area (Å²) < 4.78 is 2.14. The van der Waals surface area contributed by atoms with Crippen LogP contribution in [0.1, 0.15) is 41.4 Å². The molecule has 6 nitrogen and oxygen atoms in total. The van der Waals surface area contributed by atoms with Crippen LogP contribution in [0, 0.1) is 27.7 Å². The number of amides is 1. The van der Waals surface area contributed by atoms with E-state index in [-0.39, 0.29) is 5.91 Å². The molecule has 2 heterocycles. The number of hydrogen-bond acceptors (Lipinski definition) is 6. The topological polar surface area (TPSA) is 72.7 Å². The van der Waals surface area contributed by atoms with E-state index in [1.165, 1.54) is 52.6 Å². The Hall–Kier alpha value is -2.19. The van der Waals surface area contributed by atoms with Gasteiger partial charge in [0, 0.05) is 17.0 Å². The fourth-order valence-corrected chi connectivity index (χ4v) is 4.76. The summed E-state index contributed by atoms with van der Waals surface area (Å²) >= 11 is 2.88. The molecule has 2 aromatic heterocycles. The summed E-state index contributed by atoms with van der Waals surface area (Å²) in [7, 11) is 0. The molecule has 8 heteroatoms. The highest BCUT2D eigenvalue weighted by atomic mass is 32.2. The van der Waals surface area contributed by atoms with Gasteiger partial charge < -0.3 is 9.88 Å². The Morgan fingerprint density at radius 1 is 1.18 bits per heavy atom. The van der Waals surface area contributed by atoms with E-state index >= 15 is 0 Å². The molecule has 1 N–H and O–H groups in total. The number of nitrogens with one attached hydrogen (secondary N) is 1. The second-order valence-electron chi connectivity index (χ2n) is 7.26. The molecule has 0 radical (unpaired) electrons. The molecule has 1 aliphatic rings. The maximum atomic E-state index is 12.4. The summed E-state index contributed by atoms with van der Waals surface area (Å²) in [6.45, 7) is 8.27. The Bertz CT molecular complexity index is 1040. The van der Waals surface area contributed by atoms with Crippen LogP contribution in [-0.4, -0.2) is 31.4 Å². The smallest absolute Gasteiger partial charge is 0.236 e. The van der Waals surface area contributed by atoms with Crippen molar-refractivity contribution < 1.29 is 4.79 Å². The number of thiazole rings is 1. The van der Waals surface area contributed by atoms with Crippen LogP contribution in [0.15, 0.2) is 22.7 Å². The summed E-state index contributed by atoms with van der Waals surface area (Å²) in [5.74, 6) is 1.13. The van der Waals surface area contributed by atoms with Crippen molar-refractivity contribution in [3.8, 4) is 11.3 Å². The minimum atomic E-state index is -0.0780. The zero-order valence-corrected chi connectivity index (χ0v) is 18.1. The highest BCUT2D eigenvalue weighted by molar-refractivity contribution is 7.99. The molecule has 4 rings (SSSR count). The summed E-state index contributed by atoms with van der Waals surface area (Å²) in [5.41, 5.74) is 5.72. The second-order valence-corrected chi connectivity index (χ2v) is 9.06. The molecule has 28 heavy (non-hydrogen) atoms. The molecule has 0 aliphatic heterocycles. The molecule has 3 aromatic rings. The number of rotatable bonds is 6. The van der Waals surface area contributed by atoms with Crippen molar-refractivity contribution in [3.63, 3.8) is 0 Å². The van der Waals surface area contributed by atoms with E-state index in [0.717, 1.165) is 22.2 Å². The molecule has 1 aromatic carbocycles. The van der Waals surface area contributed by atoms with Crippen LogP contribution in [0.4, 0.5) is 5.13 Å². The molecule has 1 amide bonds. The van der Waals surface area contributed by atoms with Crippen molar-refractivity contribution in [1.82, 2.24) is 19.7 Å². The number of hydrogen-bond donors (Lipinski definition) is 1. The van der Waals surface area contributed by atoms with Gasteiger partial charge in [-0.05, 0) is 63.3 Å². The monoisotopic (exact) mass is 413 g/mol. The van der Waals surface area contributed by atoms with Crippen molar-refractivity contribution in [3.05, 3.63) is 40.0 Å². The molecule has 0 saturated heterocycles. The van der Waals surface area contributed by atoms with Gasteiger partial charge >= 0.3 is 0 Å². The fourth-order valence-electron chi connectivity index (χ4n) is 3.18. The van der Waals surface area contributed by atoms with E-state index in [9.17, 15) is 4.79 Å². The van der Waals surface area contributed by atoms with Crippen LogP contribution in [0.3, 0.4) is 0 Å². The third-order valence-electron chi connectivity index (χ3n) is 4.95. The van der Waals surface area contributed by atoms with Crippen LogP contribution in [-0.2, 0) is 4.79 Å². The van der Waals surface area contributed by atoms with Gasteiger partial charge in [0.15, 0.2) is 10.3 Å². The number of anilines is 1. The van der Waals surface area contributed by atoms with Crippen LogP contribution in [0.25, 0.3) is 11.3 Å². The van der Waals surface area contributed by atoms with Gasteiger partial charge in [-0.15, -0.1) is 21.5 Å². The van der Waals surface area contributed by atoms with E-state index in [1.807, 2.05) is 12.3 Å². The first-order valence-electron chi connectivity index (χ1n) is 9.30. The van der Waals surface area contributed by atoms with Crippen molar-refractivity contribution in [2.45, 2.75) is 51.7 Å². The fraction of sp³-hybridized carbons (Fsp3) is 0.400. The Balaban J connectivity index is 1.40. The lowest BCUT2D eigenvalue weighted by Gasteiger charge is -2.07. The van der Waals surface area contributed by atoms with Crippen molar-refractivity contribution in [2.24, 2.45) is 0 Å². The largest absolute Gasteiger partial charge is 0.303 e. The van der Waals surface area contributed by atoms with Gasteiger partial charge in [0.25, 0.3) is 0 Å². The molecule has 1 fully saturated rings. The zero-order chi connectivity index (χ0) is 19.8. The van der Waals surface area contributed by atoms with E-state index in [1.54, 1.807) is 0 Å². The molecule has 0 bridgehead atoms. The average molecular weight is 414 g/mol. The van der Waals surface area contributed by atoms with E-state index in [2.05, 4.69) is 58.0 Å². The average Bonchev–Trinajstić information content (AvgIpc) is 3.26. The normalized spacial score (nSPS) is 13.7. The summed E-state index contributed by atoms with van der Waals surface area (Å²) in [5, 5.41) is 14.7. The van der Waals surface area contributed by atoms with Crippen LogP contribution < -0.4 is 5.32 Å². The van der Waals surface area contributed by atoms with E-state index < -0.39 is 0 Å². The first-order chi connectivity index (χ1) is 13.4. The third-order valence-corrected chi connectivity index (χ3v) is 6.65. The molecule has 1 saturated carbocycles. The second kappa shape index (κ2) is 7.67. The maximum Gasteiger partial charge on any atom is 0.236 e. The Morgan fingerprint density at radius 2 is 1.93 bits per heavy atom. The van der Waals surface area contributed by atoms with Gasteiger partial charge in [0.05, 0.1) is 11.4 Å². The summed E-state index contributed by atoms with van der Waals surface area (Å²) in [6.07, 6.45) is 2.33. The number of nitrogens with zero attached hydrogens (tertiary/aromatic N) is 4. The van der Waals surface area contributed by atoms with Gasteiger partial charge in [-0.3, -0.25) is 4.79 Å². The minimum Gasteiger partial charge on any atom is -0.303 e. The number of aromatic nitrogens is 4. The Labute approximate surface area is 172 Å². The van der Waals surface area contributed by atoms with Gasteiger partial charge in [0.2, 0.25) is 5.91 Å². The lowest BCUT2D eigenvalue weighted by Crippen LogP contribution is -2.14. The summed E-state index contributed by atoms with van der Waals surface area (Å²) in [4.78, 5) is 17.0. The molecule has 0 unspecified atom stereocenters. The third kappa shape index (κ3) is 3.98. The molecule has 146 valence electrons. The molecular formula is C20H23N5OS2. The number of aryl methyl sites for hydroxylation is 4. The summed E-state index contributed by atoms with van der Waals surface area (Å²) in [6, 6.07) is 4.84. The number of benzene rings is 1. The van der Waals surface area contributed by atoms with Crippen molar-refractivity contribution in [2.75, 3.05) is 11.1 Å². The van der Waals surface area contributed by atoms with E-state index in [4.69, 9.17) is 0 Å². The standard InChI is InChI=1S/C20H23N5OS2/c1-11-7-13(3)16(8-12(11)2)17-9-27-19(21-17)22-18(26)10-28-20-24-23-14(4)25(20)15-5-6-15/h7-9,15H,5-6,10H2,1-4H3,(H,21,22,26). The highest BCUT2D eigenvalue weighted by Gasteiger charge is 2.28. The van der Waals surface area contributed by atoms with Gasteiger partial charge in [-0.25, -0.2) is 4.98 Å². The van der Waals surface area contributed by atoms with Crippen molar-refractivity contribution >= 4 is 34.1 Å². The number of thioether (sulfide) groups is 1. The molecule has 1 aliphatic carbocycles. The van der Waals surface area contributed by atoms with Crippen LogP contribution >= 0.6 is 23.1 Å². The first kappa shape index (κ1) is 19.1. The highest BCUT2D eigenvalue weighted by Crippen LogP contribution is 2.38. The SMILES string of the molecule is Cc1cc(C)c(-c2csc(NC(=O)CSc3nnc(C)n3C3CC3)n2)cc1C. The predicted octanol–water partition coefficient (Wildman–Crippen LogP) is 4.70. The van der Waals surface area contributed by atoms with E-state index in [0.29, 0.717) is 16.9 Å². The number of carbonyl (C=O) groups excluding carboxylic acids is 1. The maximum absolute atomic E-state index is 12.4. The Kier molecular flexibility index (Phi) is 5.25. The van der Waals surface area contributed by atoms with Crippen LogP contribution in [0.2, 0.25) is 0 Å². The van der Waals surface area contributed by atoms with Crippen molar-refractivity contribution in [1.29, 1.82) is 0 Å². The molecule has 0 spiro atoms. The molecular weight excluding hydrogens is 390 g/mol. The minimum absolute atomic E-state index is 0.0780. The molecule has 0 atom stereocenters. The lowest BCUT2D eigenvalue weighted by molar-refractivity contribution is -0.113. The van der Waals surface area contributed by atoms with Gasteiger partial charge in [-0.2, -0.15) is 0 Å². The zero-order valence-electron chi connectivity index (χ0n) is 16.4. The lowest BCUT2D eigenvalue weighted by atomic mass is 9.99. The first-order valence-corrected chi connectivity index (χ1v) is 11.2. The van der Waals surface area contributed by atoms with Gasteiger partial charge in [0.1, 0.15) is 5.82 Å². The Morgan fingerprint density at radius 3 is 2.68 bits per heavy atom. The van der Waals surface area contributed by atoms with Gasteiger partial charge in [-0.1, -0.05) is 17.8 Å². The predicted molar refractivity (Wildman–Crippen MR) is 114 cm³/mol.